The van der Waals surface area contributed by atoms with E-state index in [-0.39, 0.29) is 0 Å². The van der Waals surface area contributed by atoms with Gasteiger partial charge in [-0.1, -0.05) is 29.8 Å². The largest absolute Gasteiger partial charge is 0.328 e. The number of nitrogens with zero attached hydrogens (tertiary/aromatic N) is 2. The average molecular weight is 235 g/mol. The van der Waals surface area contributed by atoms with E-state index in [0.717, 1.165) is 11.3 Å². The zero-order chi connectivity index (χ0) is 12.5. The van der Waals surface area contributed by atoms with Crippen molar-refractivity contribution < 1.29 is 4.40 Å². The van der Waals surface area contributed by atoms with E-state index in [4.69, 9.17) is 4.98 Å². The van der Waals surface area contributed by atoms with Gasteiger partial charge >= 0.3 is 5.65 Å². The third kappa shape index (κ3) is 1.86. The summed E-state index contributed by atoms with van der Waals surface area (Å²) < 4.78 is 2.02. The van der Waals surface area contributed by atoms with Crippen LogP contribution < -0.4 is 4.40 Å². The molecule has 0 bridgehead atoms. The van der Waals surface area contributed by atoms with Gasteiger partial charge in [0.05, 0.1) is 6.20 Å². The van der Waals surface area contributed by atoms with Crippen LogP contribution in [-0.4, -0.2) is 4.98 Å². The van der Waals surface area contributed by atoms with Gasteiger partial charge in [0.1, 0.15) is 6.20 Å². The molecule has 0 atom stereocenters. The third-order valence-electron chi connectivity index (χ3n) is 3.15. The molecule has 2 heterocycles. The van der Waals surface area contributed by atoms with Gasteiger partial charge in [-0.2, -0.15) is 0 Å². The molecule has 18 heavy (non-hydrogen) atoms. The Bertz CT molecular complexity index is 717. The summed E-state index contributed by atoms with van der Waals surface area (Å²) in [5, 5.41) is 0. The maximum atomic E-state index is 4.70. The molecule has 0 aliphatic carbocycles. The monoisotopic (exact) mass is 235 g/mol. The molecular weight excluding hydrogens is 220 g/mol. The molecule has 2 aromatic heterocycles. The lowest BCUT2D eigenvalue weighted by atomic mass is 10.0. The van der Waals surface area contributed by atoms with E-state index in [1.54, 1.807) is 0 Å². The Labute approximate surface area is 107 Å². The van der Waals surface area contributed by atoms with Crippen LogP contribution in [-0.2, 0) is 0 Å². The molecule has 0 saturated carbocycles. The SMILES string of the molecule is Cc1ccc(-c2cc[n+]3ccccc3n2)c(C)c1. The number of hydrogen-bond acceptors (Lipinski definition) is 1. The Morgan fingerprint density at radius 3 is 2.67 bits per heavy atom. The highest BCUT2D eigenvalue weighted by atomic mass is 14.9. The number of rotatable bonds is 1. The number of aromatic nitrogens is 2. The molecule has 0 aliphatic heterocycles. The molecule has 0 radical (unpaired) electrons. The van der Waals surface area contributed by atoms with E-state index >= 15 is 0 Å². The minimum Gasteiger partial charge on any atom is -0.203 e. The van der Waals surface area contributed by atoms with Gasteiger partial charge in [0.2, 0.25) is 0 Å². The van der Waals surface area contributed by atoms with Crippen molar-refractivity contribution in [2.24, 2.45) is 0 Å². The molecule has 0 amide bonds. The predicted molar refractivity (Wildman–Crippen MR) is 72.3 cm³/mol. The van der Waals surface area contributed by atoms with Gasteiger partial charge in [-0.3, -0.25) is 0 Å². The first-order chi connectivity index (χ1) is 8.74. The topological polar surface area (TPSA) is 17.0 Å². The zero-order valence-corrected chi connectivity index (χ0v) is 10.6. The van der Waals surface area contributed by atoms with Crippen LogP contribution in [0, 0.1) is 13.8 Å². The van der Waals surface area contributed by atoms with Crippen molar-refractivity contribution >= 4 is 5.65 Å². The van der Waals surface area contributed by atoms with Gasteiger partial charge in [-0.15, -0.1) is 0 Å². The van der Waals surface area contributed by atoms with E-state index < -0.39 is 0 Å². The highest BCUT2D eigenvalue weighted by Gasteiger charge is 2.11. The number of aryl methyl sites for hydroxylation is 2. The normalized spacial score (nSPS) is 10.8. The fraction of sp³-hybridized carbons (Fsp3) is 0.125. The van der Waals surface area contributed by atoms with Crippen LogP contribution in [0.3, 0.4) is 0 Å². The molecule has 2 heteroatoms. The molecule has 0 spiro atoms. The van der Waals surface area contributed by atoms with Gasteiger partial charge in [-0.25, -0.2) is 4.40 Å². The molecule has 0 aliphatic rings. The third-order valence-corrected chi connectivity index (χ3v) is 3.15. The molecule has 0 N–H and O–H groups in total. The van der Waals surface area contributed by atoms with Crippen LogP contribution in [0.4, 0.5) is 0 Å². The van der Waals surface area contributed by atoms with E-state index in [1.165, 1.54) is 16.7 Å². The van der Waals surface area contributed by atoms with E-state index in [2.05, 4.69) is 44.3 Å². The summed E-state index contributed by atoms with van der Waals surface area (Å²) in [7, 11) is 0. The van der Waals surface area contributed by atoms with Gasteiger partial charge in [0.25, 0.3) is 0 Å². The maximum Gasteiger partial charge on any atom is 0.328 e. The molecule has 1 aromatic carbocycles. The van der Waals surface area contributed by atoms with Crippen LogP contribution in [0.25, 0.3) is 16.9 Å². The number of fused-ring (bicyclic) bond motifs is 1. The fourth-order valence-electron chi connectivity index (χ4n) is 2.23. The molecule has 3 aromatic rings. The number of hydrogen-bond donors (Lipinski definition) is 0. The standard InChI is InChI=1S/C16H15N2/c1-12-6-7-14(13(2)11-12)15-8-10-18-9-4-3-5-16(18)17-15/h3-11H,1-2H3/q+1. The van der Waals surface area contributed by atoms with Crippen molar-refractivity contribution in [3.63, 3.8) is 0 Å². The van der Waals surface area contributed by atoms with Gasteiger partial charge in [0, 0.05) is 17.7 Å². The first kappa shape index (κ1) is 10.9. The Hall–Kier alpha value is -2.22. The summed E-state index contributed by atoms with van der Waals surface area (Å²) in [6.07, 6.45) is 4.06. The van der Waals surface area contributed by atoms with Gasteiger partial charge in [-0.05, 0) is 30.5 Å². The quantitative estimate of drug-likeness (QED) is 0.592. The Morgan fingerprint density at radius 1 is 0.944 bits per heavy atom. The van der Waals surface area contributed by atoms with Crippen LogP contribution in [0.5, 0.6) is 0 Å². The van der Waals surface area contributed by atoms with E-state index in [9.17, 15) is 0 Å². The van der Waals surface area contributed by atoms with Crippen molar-refractivity contribution in [1.29, 1.82) is 0 Å². The van der Waals surface area contributed by atoms with Crippen molar-refractivity contribution in [2.75, 3.05) is 0 Å². The zero-order valence-electron chi connectivity index (χ0n) is 10.6. The molecule has 0 unspecified atom stereocenters. The summed E-state index contributed by atoms with van der Waals surface area (Å²) >= 11 is 0. The highest BCUT2D eigenvalue weighted by Crippen LogP contribution is 2.21. The number of benzene rings is 1. The van der Waals surface area contributed by atoms with Crippen LogP contribution >= 0.6 is 0 Å². The Morgan fingerprint density at radius 2 is 1.83 bits per heavy atom. The lowest BCUT2D eigenvalue weighted by Crippen LogP contribution is -2.21. The van der Waals surface area contributed by atoms with Crippen LogP contribution in [0.1, 0.15) is 11.1 Å². The summed E-state index contributed by atoms with van der Waals surface area (Å²) in [5.74, 6) is 0. The summed E-state index contributed by atoms with van der Waals surface area (Å²) in [4.78, 5) is 4.70. The van der Waals surface area contributed by atoms with Crippen LogP contribution in [0.2, 0.25) is 0 Å². The molecular formula is C16H15N2+. The molecule has 88 valence electrons. The van der Waals surface area contributed by atoms with E-state index in [0.29, 0.717) is 0 Å². The average Bonchev–Trinajstić information content (AvgIpc) is 2.38. The Kier molecular flexibility index (Phi) is 2.56. The smallest absolute Gasteiger partial charge is 0.203 e. The Balaban J connectivity index is 2.19. The van der Waals surface area contributed by atoms with Crippen molar-refractivity contribution in [1.82, 2.24) is 4.98 Å². The first-order valence-electron chi connectivity index (χ1n) is 6.09. The number of pyridine rings is 1. The maximum absolute atomic E-state index is 4.70. The summed E-state index contributed by atoms with van der Waals surface area (Å²) in [6.45, 7) is 4.24. The summed E-state index contributed by atoms with van der Waals surface area (Å²) in [5.41, 5.74) is 5.75. The minimum atomic E-state index is 0.968. The lowest BCUT2D eigenvalue weighted by molar-refractivity contribution is -0.514. The van der Waals surface area contributed by atoms with Crippen LogP contribution in [0.15, 0.2) is 54.9 Å². The van der Waals surface area contributed by atoms with Crippen molar-refractivity contribution in [3.05, 3.63) is 66.0 Å². The molecule has 2 nitrogen and oxygen atoms in total. The second-order valence-corrected chi connectivity index (χ2v) is 4.60. The van der Waals surface area contributed by atoms with Gasteiger partial charge in [0.15, 0.2) is 5.69 Å². The fourth-order valence-corrected chi connectivity index (χ4v) is 2.23. The van der Waals surface area contributed by atoms with Gasteiger partial charge < -0.3 is 0 Å². The van der Waals surface area contributed by atoms with Crippen molar-refractivity contribution in [2.45, 2.75) is 13.8 Å². The molecule has 3 rings (SSSR count). The first-order valence-corrected chi connectivity index (χ1v) is 6.09. The second kappa shape index (κ2) is 4.22. The minimum absolute atomic E-state index is 0.968. The molecule has 0 saturated heterocycles. The highest BCUT2D eigenvalue weighted by molar-refractivity contribution is 5.64. The second-order valence-electron chi connectivity index (χ2n) is 4.60. The van der Waals surface area contributed by atoms with E-state index in [1.807, 2.05) is 28.8 Å². The molecule has 0 fully saturated rings. The summed E-state index contributed by atoms with van der Waals surface area (Å²) in [6, 6.07) is 14.6. The van der Waals surface area contributed by atoms with Crippen molar-refractivity contribution in [3.8, 4) is 11.3 Å². The lowest BCUT2D eigenvalue weighted by Gasteiger charge is -2.03. The predicted octanol–water partition coefficient (Wildman–Crippen LogP) is 3.10.